The first-order valence-corrected chi connectivity index (χ1v) is 9.61. The third-order valence-electron chi connectivity index (χ3n) is 4.88. The summed E-state index contributed by atoms with van der Waals surface area (Å²) in [6, 6.07) is 18.9. The van der Waals surface area contributed by atoms with Crippen molar-refractivity contribution >= 4 is 0 Å². The van der Waals surface area contributed by atoms with Crippen molar-refractivity contribution < 1.29 is 33.2 Å². The topological polar surface area (TPSA) is 68.2 Å². The summed E-state index contributed by atoms with van der Waals surface area (Å²) in [4.78, 5) is 0. The maximum atomic E-state index is 14.2. The normalized spacial score (nSPS) is 22.7. The third kappa shape index (κ3) is 6.29. The van der Waals surface area contributed by atoms with Gasteiger partial charge in [0.25, 0.3) is 0 Å². The average Bonchev–Trinajstić information content (AvgIpc) is 2.73. The van der Waals surface area contributed by atoms with Gasteiger partial charge in [-0.3, -0.25) is 0 Å². The lowest BCUT2D eigenvalue weighted by atomic mass is 9.96. The summed E-state index contributed by atoms with van der Waals surface area (Å²) in [7, 11) is 0. The number of ether oxygens (including phenoxy) is 3. The van der Waals surface area contributed by atoms with Crippen LogP contribution in [0.15, 0.2) is 60.7 Å². The lowest BCUT2D eigenvalue weighted by molar-refractivity contribution is -0.286. The number of hydrogen-bond donors (Lipinski definition) is 2. The van der Waals surface area contributed by atoms with Crippen molar-refractivity contribution in [3.63, 3.8) is 0 Å². The summed E-state index contributed by atoms with van der Waals surface area (Å²) in [6.07, 6.45) is -5.36. The Labute approximate surface area is 168 Å². The number of aliphatic hydroxyl groups is 2. The summed E-state index contributed by atoms with van der Waals surface area (Å²) in [5.41, 5.74) is 1.90. The minimum absolute atomic E-state index is 0.105. The molecular formula is C22H26F2O5. The molecule has 0 spiro atoms. The summed E-state index contributed by atoms with van der Waals surface area (Å²) in [6.45, 7) is 0.719. The van der Waals surface area contributed by atoms with Crippen LogP contribution >= 0.6 is 0 Å². The van der Waals surface area contributed by atoms with E-state index in [0.717, 1.165) is 11.1 Å². The molecule has 7 heteroatoms. The van der Waals surface area contributed by atoms with Crippen LogP contribution in [0.1, 0.15) is 24.0 Å². The molecule has 29 heavy (non-hydrogen) atoms. The molecule has 3 rings (SSSR count). The van der Waals surface area contributed by atoms with Crippen molar-refractivity contribution in [3.05, 3.63) is 71.8 Å². The van der Waals surface area contributed by atoms with E-state index in [2.05, 4.69) is 0 Å². The zero-order valence-corrected chi connectivity index (χ0v) is 16.0. The van der Waals surface area contributed by atoms with E-state index in [9.17, 15) is 8.78 Å². The number of halogens is 2. The second-order valence-corrected chi connectivity index (χ2v) is 7.19. The van der Waals surface area contributed by atoms with E-state index in [4.69, 9.17) is 24.4 Å². The second-order valence-electron chi connectivity index (χ2n) is 7.19. The Morgan fingerprint density at radius 1 is 0.931 bits per heavy atom. The third-order valence-corrected chi connectivity index (χ3v) is 4.88. The van der Waals surface area contributed by atoms with Crippen LogP contribution in [0, 0.1) is 0 Å². The smallest absolute Gasteiger partial charge is 0.323 e. The van der Waals surface area contributed by atoms with E-state index in [0.29, 0.717) is 13.0 Å². The van der Waals surface area contributed by atoms with Crippen LogP contribution in [0.25, 0.3) is 0 Å². The minimum Gasteiger partial charge on any atom is -0.374 e. The Bertz CT molecular complexity index is 726. The quantitative estimate of drug-likeness (QED) is 0.624. The van der Waals surface area contributed by atoms with Crippen LogP contribution in [0.2, 0.25) is 0 Å². The zero-order chi connectivity index (χ0) is 20.7. The van der Waals surface area contributed by atoms with Gasteiger partial charge in [0.2, 0.25) is 6.29 Å². The number of hydrogen-bond acceptors (Lipinski definition) is 5. The maximum Gasteiger partial charge on any atom is 0.323 e. The van der Waals surface area contributed by atoms with Crippen molar-refractivity contribution in [2.24, 2.45) is 0 Å². The number of rotatable bonds is 9. The molecule has 2 aromatic rings. The number of alkyl halides is 2. The van der Waals surface area contributed by atoms with E-state index < -0.39 is 30.5 Å². The first-order chi connectivity index (χ1) is 13.9. The SMILES string of the molecule is OC(O)C(F)(F)C1CC(OCc2ccccc2)CC(COCc2ccccc2)O1. The number of benzene rings is 2. The molecule has 1 saturated heterocycles. The highest BCUT2D eigenvalue weighted by Crippen LogP contribution is 2.34. The molecule has 0 amide bonds. The summed E-state index contributed by atoms with van der Waals surface area (Å²) < 4.78 is 45.4. The van der Waals surface area contributed by atoms with Crippen molar-refractivity contribution in [3.8, 4) is 0 Å². The van der Waals surface area contributed by atoms with Crippen LogP contribution in [-0.2, 0) is 27.4 Å². The van der Waals surface area contributed by atoms with Crippen LogP contribution in [0.5, 0.6) is 0 Å². The van der Waals surface area contributed by atoms with Crippen LogP contribution < -0.4 is 0 Å². The molecule has 5 nitrogen and oxygen atoms in total. The van der Waals surface area contributed by atoms with E-state index in [-0.39, 0.29) is 19.6 Å². The largest absolute Gasteiger partial charge is 0.374 e. The van der Waals surface area contributed by atoms with E-state index in [1.54, 1.807) is 0 Å². The summed E-state index contributed by atoms with van der Waals surface area (Å²) in [5, 5.41) is 18.2. The van der Waals surface area contributed by atoms with Gasteiger partial charge in [0.15, 0.2) is 0 Å². The fourth-order valence-corrected chi connectivity index (χ4v) is 3.30. The monoisotopic (exact) mass is 408 g/mol. The van der Waals surface area contributed by atoms with Gasteiger partial charge in [-0.25, -0.2) is 0 Å². The van der Waals surface area contributed by atoms with E-state index >= 15 is 0 Å². The molecule has 2 aromatic carbocycles. The highest BCUT2D eigenvalue weighted by atomic mass is 19.3. The Hall–Kier alpha value is -1.90. The Balaban J connectivity index is 1.60. The van der Waals surface area contributed by atoms with Gasteiger partial charge >= 0.3 is 5.92 Å². The van der Waals surface area contributed by atoms with Crippen LogP contribution in [0.3, 0.4) is 0 Å². The molecule has 0 saturated carbocycles. The van der Waals surface area contributed by atoms with Crippen molar-refractivity contribution in [1.29, 1.82) is 0 Å². The molecule has 2 N–H and O–H groups in total. The molecule has 1 aliphatic heterocycles. The van der Waals surface area contributed by atoms with Gasteiger partial charge in [-0.2, -0.15) is 8.78 Å². The molecule has 0 aliphatic carbocycles. The van der Waals surface area contributed by atoms with Crippen LogP contribution in [0.4, 0.5) is 8.78 Å². The molecule has 158 valence electrons. The predicted octanol–water partition coefficient (Wildman–Crippen LogP) is 3.28. The molecule has 0 bridgehead atoms. The molecule has 0 aromatic heterocycles. The fraction of sp³-hybridized carbons (Fsp3) is 0.455. The molecule has 0 radical (unpaired) electrons. The van der Waals surface area contributed by atoms with Gasteiger partial charge in [0.05, 0.1) is 32.0 Å². The Morgan fingerprint density at radius 2 is 1.52 bits per heavy atom. The first-order valence-electron chi connectivity index (χ1n) is 9.61. The maximum absolute atomic E-state index is 14.2. The number of aliphatic hydroxyl groups excluding tert-OH is 1. The molecule has 3 unspecified atom stereocenters. The second kappa shape index (κ2) is 10.2. The summed E-state index contributed by atoms with van der Waals surface area (Å²) in [5.74, 6) is -3.80. The van der Waals surface area contributed by atoms with Gasteiger partial charge in [0, 0.05) is 12.8 Å². The summed E-state index contributed by atoms with van der Waals surface area (Å²) >= 11 is 0. The zero-order valence-electron chi connectivity index (χ0n) is 16.0. The van der Waals surface area contributed by atoms with Gasteiger partial charge in [-0.15, -0.1) is 0 Å². The molecule has 1 fully saturated rings. The lowest BCUT2D eigenvalue weighted by Gasteiger charge is -2.39. The Kier molecular flexibility index (Phi) is 7.69. The van der Waals surface area contributed by atoms with Gasteiger partial charge in [0.1, 0.15) is 6.10 Å². The first kappa shape index (κ1) is 21.8. The highest BCUT2D eigenvalue weighted by Gasteiger charge is 2.51. The van der Waals surface area contributed by atoms with E-state index in [1.165, 1.54) is 0 Å². The van der Waals surface area contributed by atoms with Crippen molar-refractivity contribution in [2.45, 2.75) is 56.6 Å². The Morgan fingerprint density at radius 3 is 2.10 bits per heavy atom. The van der Waals surface area contributed by atoms with Gasteiger partial charge in [-0.05, 0) is 11.1 Å². The molecule has 1 heterocycles. The fourth-order valence-electron chi connectivity index (χ4n) is 3.30. The standard InChI is InChI=1S/C22H26F2O5/c23-22(24,21(25)26)20-12-18(28-14-17-9-5-2-6-10-17)11-19(29-20)15-27-13-16-7-3-1-4-8-16/h1-10,18-21,25-26H,11-15H2. The molecule has 1 aliphatic rings. The minimum atomic E-state index is -3.80. The predicted molar refractivity (Wildman–Crippen MR) is 102 cm³/mol. The van der Waals surface area contributed by atoms with Gasteiger partial charge in [-0.1, -0.05) is 60.7 Å². The highest BCUT2D eigenvalue weighted by molar-refractivity contribution is 5.14. The average molecular weight is 408 g/mol. The van der Waals surface area contributed by atoms with Crippen molar-refractivity contribution in [1.82, 2.24) is 0 Å². The van der Waals surface area contributed by atoms with E-state index in [1.807, 2.05) is 60.7 Å². The van der Waals surface area contributed by atoms with Crippen LogP contribution in [-0.4, -0.2) is 47.3 Å². The molecular weight excluding hydrogens is 382 g/mol. The van der Waals surface area contributed by atoms with Crippen molar-refractivity contribution in [2.75, 3.05) is 6.61 Å². The van der Waals surface area contributed by atoms with Gasteiger partial charge < -0.3 is 24.4 Å². The lowest BCUT2D eigenvalue weighted by Crippen LogP contribution is -2.52. The molecule has 3 atom stereocenters.